The van der Waals surface area contributed by atoms with E-state index in [1.165, 1.54) is 0 Å². The van der Waals surface area contributed by atoms with Gasteiger partial charge in [-0.2, -0.15) is 0 Å². The second-order valence-electron chi connectivity index (χ2n) is 4.37. The first-order valence-electron chi connectivity index (χ1n) is 6.25. The van der Waals surface area contributed by atoms with Crippen molar-refractivity contribution in [3.63, 3.8) is 0 Å². The van der Waals surface area contributed by atoms with E-state index in [0.29, 0.717) is 5.56 Å². The van der Waals surface area contributed by atoms with E-state index in [0.717, 1.165) is 25.2 Å². The summed E-state index contributed by atoms with van der Waals surface area (Å²) < 4.78 is 5.54. The Labute approximate surface area is 109 Å². The Morgan fingerprint density at radius 3 is 2.50 bits per heavy atom. The van der Waals surface area contributed by atoms with Crippen LogP contribution in [0, 0.1) is 0 Å². The monoisotopic (exact) mass is 247 g/mol. The van der Waals surface area contributed by atoms with Gasteiger partial charge < -0.3 is 9.64 Å². The number of carbonyl (C=O) groups is 1. The van der Waals surface area contributed by atoms with Gasteiger partial charge in [-0.25, -0.2) is 0 Å². The van der Waals surface area contributed by atoms with Crippen molar-refractivity contribution in [3.8, 4) is 5.75 Å². The third-order valence-corrected chi connectivity index (χ3v) is 2.43. The molecule has 0 saturated carbocycles. The third kappa shape index (κ3) is 5.04. The van der Waals surface area contributed by atoms with E-state index in [2.05, 4.69) is 6.92 Å². The number of ether oxygens (including phenoxy) is 1. The highest BCUT2D eigenvalue weighted by molar-refractivity contribution is 6.04. The van der Waals surface area contributed by atoms with Gasteiger partial charge in [0.25, 0.3) is 0 Å². The fraction of sp³-hybridized carbons (Fsp3) is 0.400. The molecule has 0 fully saturated rings. The number of unbranched alkanes of at least 4 members (excludes halogenated alkanes) is 1. The van der Waals surface area contributed by atoms with Crippen LogP contribution in [-0.2, 0) is 0 Å². The maximum absolute atomic E-state index is 11.8. The zero-order chi connectivity index (χ0) is 13.4. The number of benzene rings is 1. The van der Waals surface area contributed by atoms with E-state index in [1.54, 1.807) is 24.4 Å². The summed E-state index contributed by atoms with van der Waals surface area (Å²) in [4.78, 5) is 13.6. The van der Waals surface area contributed by atoms with Crippen LogP contribution in [0.2, 0.25) is 0 Å². The summed E-state index contributed by atoms with van der Waals surface area (Å²) in [6.45, 7) is 2.85. The zero-order valence-electron chi connectivity index (χ0n) is 11.3. The molecule has 0 amide bonds. The number of hydrogen-bond acceptors (Lipinski definition) is 3. The molecule has 0 N–H and O–H groups in total. The minimum absolute atomic E-state index is 0.00353. The van der Waals surface area contributed by atoms with Crippen LogP contribution in [0.5, 0.6) is 5.75 Å². The number of allylic oxidation sites excluding steroid dienone is 1. The Bertz CT molecular complexity index is 393. The van der Waals surface area contributed by atoms with Crippen LogP contribution < -0.4 is 4.74 Å². The van der Waals surface area contributed by atoms with Crippen LogP contribution in [0.3, 0.4) is 0 Å². The lowest BCUT2D eigenvalue weighted by molar-refractivity contribution is 0.104. The normalized spacial score (nSPS) is 10.6. The van der Waals surface area contributed by atoms with Crippen molar-refractivity contribution in [3.05, 3.63) is 42.1 Å². The molecule has 0 radical (unpaired) electrons. The molecule has 3 heteroatoms. The van der Waals surface area contributed by atoms with Gasteiger partial charge in [0.15, 0.2) is 5.78 Å². The lowest BCUT2D eigenvalue weighted by Gasteiger charge is -2.06. The third-order valence-electron chi connectivity index (χ3n) is 2.43. The van der Waals surface area contributed by atoms with E-state index in [9.17, 15) is 4.79 Å². The van der Waals surface area contributed by atoms with Crippen LogP contribution in [0.25, 0.3) is 0 Å². The molecule has 1 rings (SSSR count). The summed E-state index contributed by atoms with van der Waals surface area (Å²) in [6, 6.07) is 7.27. The average Bonchev–Trinajstić information content (AvgIpc) is 2.37. The lowest BCUT2D eigenvalue weighted by Crippen LogP contribution is -2.03. The molecular weight excluding hydrogens is 226 g/mol. The molecule has 0 aromatic heterocycles. The molecule has 3 nitrogen and oxygen atoms in total. The lowest BCUT2D eigenvalue weighted by atomic mass is 10.1. The van der Waals surface area contributed by atoms with Crippen molar-refractivity contribution in [1.82, 2.24) is 4.90 Å². The quantitative estimate of drug-likeness (QED) is 0.421. The molecule has 0 aliphatic rings. The van der Waals surface area contributed by atoms with Gasteiger partial charge in [0.05, 0.1) is 6.61 Å². The molecule has 0 atom stereocenters. The highest BCUT2D eigenvalue weighted by Crippen LogP contribution is 2.13. The Morgan fingerprint density at radius 2 is 1.94 bits per heavy atom. The second kappa shape index (κ2) is 7.54. The van der Waals surface area contributed by atoms with Gasteiger partial charge in [0.2, 0.25) is 0 Å². The van der Waals surface area contributed by atoms with E-state index < -0.39 is 0 Å². The summed E-state index contributed by atoms with van der Waals surface area (Å²) in [5, 5.41) is 0. The van der Waals surface area contributed by atoms with Gasteiger partial charge in [-0.1, -0.05) is 13.3 Å². The predicted molar refractivity (Wildman–Crippen MR) is 74.0 cm³/mol. The Morgan fingerprint density at radius 1 is 1.28 bits per heavy atom. The number of hydrogen-bond donors (Lipinski definition) is 0. The van der Waals surface area contributed by atoms with Crippen LogP contribution in [-0.4, -0.2) is 31.4 Å². The molecular formula is C15H21NO2. The molecule has 0 heterocycles. The Hall–Kier alpha value is -1.77. The number of rotatable bonds is 7. The Kier molecular flexibility index (Phi) is 5.98. The van der Waals surface area contributed by atoms with Crippen molar-refractivity contribution in [2.45, 2.75) is 19.8 Å². The van der Waals surface area contributed by atoms with E-state index in [1.807, 2.05) is 31.1 Å². The van der Waals surface area contributed by atoms with Gasteiger partial charge in [-0.3, -0.25) is 4.79 Å². The second-order valence-corrected chi connectivity index (χ2v) is 4.37. The van der Waals surface area contributed by atoms with E-state index >= 15 is 0 Å². The molecule has 0 aliphatic heterocycles. The molecule has 0 spiro atoms. The molecule has 0 aliphatic carbocycles. The molecule has 18 heavy (non-hydrogen) atoms. The molecule has 0 bridgehead atoms. The molecule has 98 valence electrons. The van der Waals surface area contributed by atoms with E-state index in [4.69, 9.17) is 4.74 Å². The van der Waals surface area contributed by atoms with Crippen molar-refractivity contribution in [1.29, 1.82) is 0 Å². The highest BCUT2D eigenvalue weighted by atomic mass is 16.5. The van der Waals surface area contributed by atoms with Crippen LogP contribution in [0.15, 0.2) is 36.5 Å². The summed E-state index contributed by atoms with van der Waals surface area (Å²) in [5.74, 6) is 0.820. The largest absolute Gasteiger partial charge is 0.494 e. The summed E-state index contributed by atoms with van der Waals surface area (Å²) in [7, 11) is 3.77. The smallest absolute Gasteiger partial charge is 0.187 e. The van der Waals surface area contributed by atoms with Gasteiger partial charge in [-0.05, 0) is 30.7 Å². The minimum Gasteiger partial charge on any atom is -0.494 e. The topological polar surface area (TPSA) is 29.5 Å². The van der Waals surface area contributed by atoms with Gasteiger partial charge in [0, 0.05) is 31.9 Å². The number of ketones is 1. The number of nitrogens with zero attached hydrogens (tertiary/aromatic N) is 1. The fourth-order valence-electron chi connectivity index (χ4n) is 1.36. The van der Waals surface area contributed by atoms with Crippen molar-refractivity contribution in [2.24, 2.45) is 0 Å². The fourth-order valence-corrected chi connectivity index (χ4v) is 1.36. The highest BCUT2D eigenvalue weighted by Gasteiger charge is 2.02. The first-order valence-corrected chi connectivity index (χ1v) is 6.25. The minimum atomic E-state index is 0.00353. The average molecular weight is 247 g/mol. The van der Waals surface area contributed by atoms with Crippen LogP contribution >= 0.6 is 0 Å². The maximum atomic E-state index is 11.8. The zero-order valence-corrected chi connectivity index (χ0v) is 11.3. The van der Waals surface area contributed by atoms with Gasteiger partial charge in [-0.15, -0.1) is 0 Å². The van der Waals surface area contributed by atoms with Crippen molar-refractivity contribution in [2.75, 3.05) is 20.7 Å². The standard InChI is InChI=1S/C15H21NO2/c1-4-5-12-18-14-8-6-13(7-9-14)15(17)10-11-16(2)3/h6-11H,4-5,12H2,1-3H3/b11-10+. The predicted octanol–water partition coefficient (Wildman–Crippen LogP) is 3.12. The molecule has 1 aromatic carbocycles. The summed E-state index contributed by atoms with van der Waals surface area (Å²) in [5.41, 5.74) is 0.677. The molecule has 0 saturated heterocycles. The summed E-state index contributed by atoms with van der Waals surface area (Å²) in [6.07, 6.45) is 5.47. The van der Waals surface area contributed by atoms with Crippen molar-refractivity contribution < 1.29 is 9.53 Å². The SMILES string of the molecule is CCCCOc1ccc(C(=O)/C=C/N(C)C)cc1. The molecule has 1 aromatic rings. The number of carbonyl (C=O) groups excluding carboxylic acids is 1. The first-order chi connectivity index (χ1) is 8.63. The first kappa shape index (κ1) is 14.3. The Balaban J connectivity index is 2.56. The van der Waals surface area contributed by atoms with Crippen LogP contribution in [0.4, 0.5) is 0 Å². The molecule has 0 unspecified atom stereocenters. The van der Waals surface area contributed by atoms with E-state index in [-0.39, 0.29) is 5.78 Å². The van der Waals surface area contributed by atoms with Gasteiger partial charge in [0.1, 0.15) is 5.75 Å². The maximum Gasteiger partial charge on any atom is 0.187 e. The van der Waals surface area contributed by atoms with Crippen molar-refractivity contribution >= 4 is 5.78 Å². The van der Waals surface area contributed by atoms with Crippen LogP contribution in [0.1, 0.15) is 30.1 Å². The van der Waals surface area contributed by atoms with Gasteiger partial charge >= 0.3 is 0 Å². The summed E-state index contributed by atoms with van der Waals surface area (Å²) >= 11 is 0.